The third-order valence-electron chi connectivity index (χ3n) is 1.81. The Kier molecular flexibility index (Phi) is 2.45. The molecule has 1 aromatic rings. The summed E-state index contributed by atoms with van der Waals surface area (Å²) >= 11 is 0. The lowest BCUT2D eigenvalue weighted by atomic mass is 10.1. The molecule has 0 aliphatic heterocycles. The maximum Gasteiger partial charge on any atom is 0.0498 e. The maximum absolute atomic E-state index is 11.0. The SMILES string of the molecule is Cc1ccc([S@](C)=O)cc1C. The lowest BCUT2D eigenvalue weighted by Gasteiger charge is -2.01. The second-order valence-corrected chi connectivity index (χ2v) is 4.08. The third kappa shape index (κ3) is 1.90. The topological polar surface area (TPSA) is 17.1 Å². The second kappa shape index (κ2) is 3.18. The van der Waals surface area contributed by atoms with Crippen LogP contribution in [0.5, 0.6) is 0 Å². The van der Waals surface area contributed by atoms with Gasteiger partial charge < -0.3 is 0 Å². The first-order valence-electron chi connectivity index (χ1n) is 3.52. The molecule has 0 amide bonds. The molecular formula is C9H12OS. The van der Waals surface area contributed by atoms with Crippen LogP contribution in [0.3, 0.4) is 0 Å². The quantitative estimate of drug-likeness (QED) is 0.627. The molecule has 11 heavy (non-hydrogen) atoms. The van der Waals surface area contributed by atoms with Crippen molar-refractivity contribution in [1.82, 2.24) is 0 Å². The highest BCUT2D eigenvalue weighted by Crippen LogP contribution is 2.11. The molecule has 0 aliphatic rings. The Morgan fingerprint density at radius 1 is 1.18 bits per heavy atom. The molecule has 1 nitrogen and oxygen atoms in total. The summed E-state index contributed by atoms with van der Waals surface area (Å²) in [5, 5.41) is 0. The first-order valence-corrected chi connectivity index (χ1v) is 5.08. The molecule has 0 saturated heterocycles. The fraction of sp³-hybridized carbons (Fsp3) is 0.333. The summed E-state index contributed by atoms with van der Waals surface area (Å²) in [6.45, 7) is 4.09. The van der Waals surface area contributed by atoms with Crippen molar-refractivity contribution < 1.29 is 4.21 Å². The number of rotatable bonds is 1. The molecule has 0 saturated carbocycles. The largest absolute Gasteiger partial charge is 0.255 e. The maximum atomic E-state index is 11.0. The molecule has 1 atom stereocenters. The summed E-state index contributed by atoms with van der Waals surface area (Å²) in [6, 6.07) is 5.90. The van der Waals surface area contributed by atoms with Crippen LogP contribution in [0.1, 0.15) is 11.1 Å². The molecule has 0 spiro atoms. The average Bonchev–Trinajstić information content (AvgIpc) is 1.94. The van der Waals surface area contributed by atoms with E-state index in [1.807, 2.05) is 25.1 Å². The molecular weight excluding hydrogens is 156 g/mol. The van der Waals surface area contributed by atoms with Gasteiger partial charge >= 0.3 is 0 Å². The lowest BCUT2D eigenvalue weighted by Crippen LogP contribution is -1.89. The van der Waals surface area contributed by atoms with Gasteiger partial charge in [0.15, 0.2) is 0 Å². The van der Waals surface area contributed by atoms with Gasteiger partial charge in [-0.1, -0.05) is 6.07 Å². The Labute approximate surface area is 69.9 Å². The summed E-state index contributed by atoms with van der Waals surface area (Å²) in [7, 11) is -0.847. The van der Waals surface area contributed by atoms with Crippen molar-refractivity contribution in [2.75, 3.05) is 6.26 Å². The summed E-state index contributed by atoms with van der Waals surface area (Å²) in [6.07, 6.45) is 1.70. The van der Waals surface area contributed by atoms with E-state index in [4.69, 9.17) is 0 Å². The van der Waals surface area contributed by atoms with Gasteiger partial charge in [-0.15, -0.1) is 0 Å². The van der Waals surface area contributed by atoms with Crippen LogP contribution >= 0.6 is 0 Å². The lowest BCUT2D eigenvalue weighted by molar-refractivity contribution is 0.686. The first kappa shape index (κ1) is 8.47. The molecule has 0 aliphatic carbocycles. The molecule has 1 aromatic carbocycles. The van der Waals surface area contributed by atoms with E-state index in [1.165, 1.54) is 11.1 Å². The Hall–Kier alpha value is -0.630. The van der Waals surface area contributed by atoms with E-state index in [1.54, 1.807) is 6.26 Å². The van der Waals surface area contributed by atoms with Crippen LogP contribution in [-0.4, -0.2) is 10.5 Å². The minimum Gasteiger partial charge on any atom is -0.255 e. The Morgan fingerprint density at radius 3 is 2.27 bits per heavy atom. The highest BCUT2D eigenvalue weighted by Gasteiger charge is 1.98. The van der Waals surface area contributed by atoms with E-state index in [0.29, 0.717) is 0 Å². The fourth-order valence-corrected chi connectivity index (χ4v) is 1.50. The van der Waals surface area contributed by atoms with Crippen LogP contribution in [0.25, 0.3) is 0 Å². The number of hydrogen-bond acceptors (Lipinski definition) is 1. The zero-order valence-corrected chi connectivity index (χ0v) is 7.87. The van der Waals surface area contributed by atoms with E-state index in [0.717, 1.165) is 4.90 Å². The molecule has 0 fully saturated rings. The molecule has 0 radical (unpaired) electrons. The predicted octanol–water partition coefficient (Wildman–Crippen LogP) is 2.04. The second-order valence-electron chi connectivity index (χ2n) is 2.70. The highest BCUT2D eigenvalue weighted by molar-refractivity contribution is 7.84. The molecule has 1 rings (SSSR count). The van der Waals surface area contributed by atoms with Crippen molar-refractivity contribution in [2.45, 2.75) is 18.7 Å². The number of hydrogen-bond donors (Lipinski definition) is 0. The van der Waals surface area contributed by atoms with Gasteiger partial charge in [-0.2, -0.15) is 0 Å². The Morgan fingerprint density at radius 2 is 1.82 bits per heavy atom. The van der Waals surface area contributed by atoms with Gasteiger partial charge in [0.05, 0.1) is 0 Å². The van der Waals surface area contributed by atoms with E-state index in [2.05, 4.69) is 6.92 Å². The van der Waals surface area contributed by atoms with Crippen LogP contribution in [0.4, 0.5) is 0 Å². The molecule has 0 aromatic heterocycles. The minimum atomic E-state index is -0.847. The van der Waals surface area contributed by atoms with E-state index in [-0.39, 0.29) is 0 Å². The van der Waals surface area contributed by atoms with E-state index in [9.17, 15) is 4.21 Å². The van der Waals surface area contributed by atoms with Crippen molar-refractivity contribution in [2.24, 2.45) is 0 Å². The van der Waals surface area contributed by atoms with Crippen molar-refractivity contribution in [3.05, 3.63) is 29.3 Å². The summed E-state index contributed by atoms with van der Waals surface area (Å²) in [5.41, 5.74) is 2.46. The van der Waals surface area contributed by atoms with Crippen molar-refractivity contribution in [1.29, 1.82) is 0 Å². The van der Waals surface area contributed by atoms with Crippen molar-refractivity contribution >= 4 is 10.8 Å². The monoisotopic (exact) mass is 168 g/mol. The van der Waals surface area contributed by atoms with Gasteiger partial charge in [0.1, 0.15) is 0 Å². The van der Waals surface area contributed by atoms with Crippen LogP contribution < -0.4 is 0 Å². The van der Waals surface area contributed by atoms with Gasteiger partial charge in [0, 0.05) is 22.0 Å². The van der Waals surface area contributed by atoms with Crippen LogP contribution in [-0.2, 0) is 10.8 Å². The summed E-state index contributed by atoms with van der Waals surface area (Å²) < 4.78 is 11.0. The third-order valence-corrected chi connectivity index (χ3v) is 2.73. The van der Waals surface area contributed by atoms with Gasteiger partial charge in [-0.05, 0) is 37.1 Å². The first-order chi connectivity index (χ1) is 5.11. The van der Waals surface area contributed by atoms with Crippen molar-refractivity contribution in [3.63, 3.8) is 0 Å². The van der Waals surface area contributed by atoms with Gasteiger partial charge in [0.2, 0.25) is 0 Å². The average molecular weight is 168 g/mol. The highest BCUT2D eigenvalue weighted by atomic mass is 32.2. The standard InChI is InChI=1S/C9H12OS/c1-7-4-5-9(11(3)10)6-8(7)2/h4-6H,1-3H3/t11-/m0/s1. The van der Waals surface area contributed by atoms with E-state index < -0.39 is 10.8 Å². The van der Waals surface area contributed by atoms with Crippen molar-refractivity contribution in [3.8, 4) is 0 Å². The normalized spacial score (nSPS) is 13.0. The predicted molar refractivity (Wildman–Crippen MR) is 48.2 cm³/mol. The molecule has 0 heterocycles. The van der Waals surface area contributed by atoms with Gasteiger partial charge in [-0.3, -0.25) is 4.21 Å². The zero-order chi connectivity index (χ0) is 8.43. The smallest absolute Gasteiger partial charge is 0.0498 e. The Balaban J connectivity index is 3.15. The number of benzene rings is 1. The van der Waals surface area contributed by atoms with E-state index >= 15 is 0 Å². The van der Waals surface area contributed by atoms with Crippen LogP contribution in [0.2, 0.25) is 0 Å². The fourth-order valence-electron chi connectivity index (χ4n) is 0.893. The molecule has 2 heteroatoms. The molecule has 0 bridgehead atoms. The summed E-state index contributed by atoms with van der Waals surface area (Å²) in [5.74, 6) is 0. The number of aryl methyl sites for hydroxylation is 2. The van der Waals surface area contributed by atoms with Crippen LogP contribution in [0, 0.1) is 13.8 Å². The molecule has 0 N–H and O–H groups in total. The molecule has 60 valence electrons. The summed E-state index contributed by atoms with van der Waals surface area (Å²) in [4.78, 5) is 0.910. The van der Waals surface area contributed by atoms with Crippen LogP contribution in [0.15, 0.2) is 23.1 Å². The molecule has 0 unspecified atom stereocenters. The zero-order valence-electron chi connectivity index (χ0n) is 7.05. The van der Waals surface area contributed by atoms with Gasteiger partial charge in [0.25, 0.3) is 0 Å². The minimum absolute atomic E-state index is 0.847. The Bertz CT molecular complexity index is 292. The van der Waals surface area contributed by atoms with Gasteiger partial charge in [-0.25, -0.2) is 0 Å².